The van der Waals surface area contributed by atoms with Crippen molar-refractivity contribution >= 4 is 11.7 Å². The monoisotopic (exact) mass is 250 g/mol. The lowest BCUT2D eigenvalue weighted by Crippen LogP contribution is -2.02. The largest absolute Gasteiger partial charge is 0.460 e. The van der Waals surface area contributed by atoms with Crippen molar-refractivity contribution in [3.63, 3.8) is 0 Å². The second-order valence-electron chi connectivity index (χ2n) is 3.54. The SMILES string of the molecule is CCOC(=O)c1cc(-c2ccc(N)cc2F)no1. The van der Waals surface area contributed by atoms with Gasteiger partial charge in [0.15, 0.2) is 0 Å². The molecule has 0 radical (unpaired) electrons. The van der Waals surface area contributed by atoms with Crippen molar-refractivity contribution in [2.75, 3.05) is 12.3 Å². The third-order valence-electron chi connectivity index (χ3n) is 2.26. The zero-order chi connectivity index (χ0) is 13.1. The van der Waals surface area contributed by atoms with Crippen LogP contribution in [0.2, 0.25) is 0 Å². The fraction of sp³-hybridized carbons (Fsp3) is 0.167. The van der Waals surface area contributed by atoms with Gasteiger partial charge in [0, 0.05) is 17.3 Å². The molecular formula is C12H11FN2O3. The Hall–Kier alpha value is -2.37. The van der Waals surface area contributed by atoms with Gasteiger partial charge in [0.1, 0.15) is 11.5 Å². The van der Waals surface area contributed by atoms with E-state index in [9.17, 15) is 9.18 Å². The van der Waals surface area contributed by atoms with Gasteiger partial charge in [-0.15, -0.1) is 0 Å². The van der Waals surface area contributed by atoms with E-state index in [-0.39, 0.29) is 23.6 Å². The van der Waals surface area contributed by atoms with Gasteiger partial charge in [0.2, 0.25) is 5.76 Å². The lowest BCUT2D eigenvalue weighted by molar-refractivity contribution is 0.0480. The van der Waals surface area contributed by atoms with E-state index in [2.05, 4.69) is 5.16 Å². The smallest absolute Gasteiger partial charge is 0.377 e. The number of nitrogens with two attached hydrogens (primary N) is 1. The van der Waals surface area contributed by atoms with Gasteiger partial charge >= 0.3 is 5.97 Å². The number of aromatic nitrogens is 1. The van der Waals surface area contributed by atoms with Crippen LogP contribution >= 0.6 is 0 Å². The summed E-state index contributed by atoms with van der Waals surface area (Å²) in [5.74, 6) is -1.23. The molecule has 0 aliphatic rings. The van der Waals surface area contributed by atoms with E-state index in [1.54, 1.807) is 6.92 Å². The quantitative estimate of drug-likeness (QED) is 0.667. The molecule has 1 heterocycles. The standard InChI is InChI=1S/C12H11FN2O3/c1-2-17-12(16)11-6-10(15-18-11)8-4-3-7(14)5-9(8)13/h3-6H,2,14H2,1H3. The van der Waals surface area contributed by atoms with E-state index >= 15 is 0 Å². The number of nitrogen functional groups attached to an aromatic ring is 1. The summed E-state index contributed by atoms with van der Waals surface area (Å²) in [6.07, 6.45) is 0. The average Bonchev–Trinajstić information content (AvgIpc) is 2.78. The van der Waals surface area contributed by atoms with Crippen LogP contribution in [-0.4, -0.2) is 17.7 Å². The van der Waals surface area contributed by atoms with E-state index in [1.807, 2.05) is 0 Å². The zero-order valence-corrected chi connectivity index (χ0v) is 9.64. The van der Waals surface area contributed by atoms with Crippen LogP contribution in [0.25, 0.3) is 11.3 Å². The molecule has 0 atom stereocenters. The highest BCUT2D eigenvalue weighted by atomic mass is 19.1. The number of carbonyl (C=O) groups is 1. The van der Waals surface area contributed by atoms with Gasteiger partial charge in [-0.05, 0) is 25.1 Å². The molecule has 0 spiro atoms. The summed E-state index contributed by atoms with van der Waals surface area (Å²) in [6, 6.07) is 5.51. The second kappa shape index (κ2) is 4.87. The maximum atomic E-state index is 13.6. The van der Waals surface area contributed by atoms with Gasteiger partial charge in [-0.1, -0.05) is 5.16 Å². The van der Waals surface area contributed by atoms with E-state index < -0.39 is 11.8 Å². The third-order valence-corrected chi connectivity index (χ3v) is 2.26. The molecule has 0 saturated heterocycles. The number of nitrogens with zero attached hydrogens (tertiary/aromatic N) is 1. The van der Waals surface area contributed by atoms with Crippen molar-refractivity contribution in [2.24, 2.45) is 0 Å². The minimum absolute atomic E-state index is 0.0666. The van der Waals surface area contributed by atoms with Gasteiger partial charge < -0.3 is 15.0 Å². The van der Waals surface area contributed by atoms with Crippen LogP contribution in [0.15, 0.2) is 28.8 Å². The maximum Gasteiger partial charge on any atom is 0.377 e. The first-order valence-electron chi connectivity index (χ1n) is 5.31. The molecule has 0 aliphatic carbocycles. The van der Waals surface area contributed by atoms with Crippen LogP contribution in [0.5, 0.6) is 0 Å². The maximum absolute atomic E-state index is 13.6. The fourth-order valence-corrected chi connectivity index (χ4v) is 1.44. The predicted molar refractivity (Wildman–Crippen MR) is 62.3 cm³/mol. The van der Waals surface area contributed by atoms with E-state index in [0.29, 0.717) is 5.69 Å². The lowest BCUT2D eigenvalue weighted by atomic mass is 10.1. The van der Waals surface area contributed by atoms with Gasteiger partial charge in [0.25, 0.3) is 0 Å². The molecular weight excluding hydrogens is 239 g/mol. The number of anilines is 1. The Kier molecular flexibility index (Phi) is 3.27. The summed E-state index contributed by atoms with van der Waals surface area (Å²) in [5, 5.41) is 3.62. The number of esters is 1. The van der Waals surface area contributed by atoms with Crippen LogP contribution in [0.1, 0.15) is 17.5 Å². The normalized spacial score (nSPS) is 10.3. The molecule has 0 aliphatic heterocycles. The zero-order valence-electron chi connectivity index (χ0n) is 9.64. The van der Waals surface area contributed by atoms with Crippen LogP contribution < -0.4 is 5.73 Å². The molecule has 18 heavy (non-hydrogen) atoms. The third kappa shape index (κ3) is 2.32. The fourth-order valence-electron chi connectivity index (χ4n) is 1.44. The molecule has 0 unspecified atom stereocenters. The van der Waals surface area contributed by atoms with Crippen molar-refractivity contribution in [1.82, 2.24) is 5.16 Å². The molecule has 0 amide bonds. The van der Waals surface area contributed by atoms with Crippen molar-refractivity contribution in [2.45, 2.75) is 6.92 Å². The van der Waals surface area contributed by atoms with Crippen molar-refractivity contribution < 1.29 is 18.4 Å². The van der Waals surface area contributed by atoms with E-state index in [0.717, 1.165) is 0 Å². The summed E-state index contributed by atoms with van der Waals surface area (Å²) in [6.45, 7) is 1.90. The number of benzene rings is 1. The summed E-state index contributed by atoms with van der Waals surface area (Å²) < 4.78 is 23.2. The Morgan fingerprint density at radius 1 is 1.50 bits per heavy atom. The first-order chi connectivity index (χ1) is 8.61. The molecule has 2 aromatic rings. The Balaban J connectivity index is 2.32. The Morgan fingerprint density at radius 3 is 2.94 bits per heavy atom. The number of carbonyl (C=O) groups excluding carboxylic acids is 1. The molecule has 0 fully saturated rings. The topological polar surface area (TPSA) is 78.4 Å². The lowest BCUT2D eigenvalue weighted by Gasteiger charge is -1.99. The number of hydrogen-bond donors (Lipinski definition) is 1. The summed E-state index contributed by atoms with van der Waals surface area (Å²) >= 11 is 0. The molecule has 5 nitrogen and oxygen atoms in total. The van der Waals surface area contributed by atoms with Gasteiger partial charge in [-0.3, -0.25) is 0 Å². The number of rotatable bonds is 3. The van der Waals surface area contributed by atoms with Gasteiger partial charge in [-0.25, -0.2) is 9.18 Å². The van der Waals surface area contributed by atoms with Crippen molar-refractivity contribution in [1.29, 1.82) is 0 Å². The highest BCUT2D eigenvalue weighted by Crippen LogP contribution is 2.24. The highest BCUT2D eigenvalue weighted by molar-refractivity contribution is 5.87. The Morgan fingerprint density at radius 2 is 2.28 bits per heavy atom. The minimum Gasteiger partial charge on any atom is -0.460 e. The van der Waals surface area contributed by atoms with Crippen molar-refractivity contribution in [3.05, 3.63) is 35.8 Å². The number of ether oxygens (including phenoxy) is 1. The molecule has 94 valence electrons. The minimum atomic E-state index is -0.632. The summed E-state index contributed by atoms with van der Waals surface area (Å²) in [7, 11) is 0. The second-order valence-corrected chi connectivity index (χ2v) is 3.54. The Labute approximate surface area is 102 Å². The molecule has 2 rings (SSSR count). The molecule has 0 bridgehead atoms. The van der Waals surface area contributed by atoms with Crippen LogP contribution in [0.3, 0.4) is 0 Å². The van der Waals surface area contributed by atoms with Crippen LogP contribution in [0, 0.1) is 5.82 Å². The first kappa shape index (κ1) is 12.1. The van der Waals surface area contributed by atoms with Crippen LogP contribution in [-0.2, 0) is 4.74 Å². The Bertz CT molecular complexity index is 580. The summed E-state index contributed by atoms with van der Waals surface area (Å²) in [4.78, 5) is 11.4. The predicted octanol–water partition coefficient (Wildman–Crippen LogP) is 2.24. The molecule has 1 aromatic carbocycles. The molecule has 2 N–H and O–H groups in total. The van der Waals surface area contributed by atoms with Crippen LogP contribution in [0.4, 0.5) is 10.1 Å². The van der Waals surface area contributed by atoms with E-state index in [1.165, 1.54) is 24.3 Å². The number of halogens is 1. The highest BCUT2D eigenvalue weighted by Gasteiger charge is 2.16. The average molecular weight is 250 g/mol. The van der Waals surface area contributed by atoms with E-state index in [4.69, 9.17) is 15.0 Å². The first-order valence-corrected chi connectivity index (χ1v) is 5.31. The van der Waals surface area contributed by atoms with Crippen molar-refractivity contribution in [3.8, 4) is 11.3 Å². The number of hydrogen-bond acceptors (Lipinski definition) is 5. The summed E-state index contributed by atoms with van der Waals surface area (Å²) in [5.41, 5.74) is 6.18. The molecule has 1 aromatic heterocycles. The van der Waals surface area contributed by atoms with Gasteiger partial charge in [-0.2, -0.15) is 0 Å². The molecule has 6 heteroatoms. The molecule has 0 saturated carbocycles. The van der Waals surface area contributed by atoms with Gasteiger partial charge in [0.05, 0.1) is 6.61 Å².